The van der Waals surface area contributed by atoms with Gasteiger partial charge in [-0.3, -0.25) is 19.9 Å². The number of carboxylic acids is 4. The Labute approximate surface area is 394 Å². The van der Waals surface area contributed by atoms with Crippen LogP contribution in [0.4, 0.5) is 0 Å². The predicted octanol–water partition coefficient (Wildman–Crippen LogP) is -5.20. The van der Waals surface area contributed by atoms with E-state index in [2.05, 4.69) is 19.9 Å². The van der Waals surface area contributed by atoms with Crippen LogP contribution in [0, 0.1) is 0 Å². The zero-order valence-corrected chi connectivity index (χ0v) is 36.4. The van der Waals surface area contributed by atoms with Crippen LogP contribution in [-0.2, 0) is 65.3 Å². The van der Waals surface area contributed by atoms with Crippen molar-refractivity contribution in [3.8, 4) is 22.8 Å². The molecule has 0 saturated carbocycles. The Balaban J connectivity index is -0.000000108. The van der Waals surface area contributed by atoms with Gasteiger partial charge in [-0.1, -0.05) is 36.4 Å². The van der Waals surface area contributed by atoms with Gasteiger partial charge < -0.3 is 82.9 Å². The second-order valence-corrected chi connectivity index (χ2v) is 13.1. The van der Waals surface area contributed by atoms with Gasteiger partial charge in [0.25, 0.3) is 0 Å². The number of aromatic carboxylic acids is 4. The summed E-state index contributed by atoms with van der Waals surface area (Å²) in [4.78, 5) is 56.5. The predicted molar refractivity (Wildman–Crippen MR) is 218 cm³/mol. The minimum atomic E-state index is -5.07. The number of rotatable bonds is 8. The first-order valence-electron chi connectivity index (χ1n) is 15.1. The molecule has 6 aromatic rings. The number of nitrogens with zero attached hydrogens (tertiary/aromatic N) is 4. The van der Waals surface area contributed by atoms with Crippen molar-refractivity contribution in [2.75, 3.05) is 0 Å². The van der Waals surface area contributed by atoms with Crippen LogP contribution in [0.5, 0.6) is 0 Å². The average Bonchev–Trinajstić information content (AvgIpc) is 3.19. The minimum Gasteiger partial charge on any atom is -0.744 e. The Morgan fingerprint density at radius 2 is 0.652 bits per heavy atom. The van der Waals surface area contributed by atoms with Gasteiger partial charge in [0.15, 0.2) is 0 Å². The van der Waals surface area contributed by atoms with E-state index in [4.69, 9.17) is 10.2 Å². The van der Waals surface area contributed by atoms with Crippen LogP contribution in [0.1, 0.15) is 41.4 Å². The number of carbonyl (C=O) groups is 4. The van der Waals surface area contributed by atoms with Crippen LogP contribution < -0.4 is 10.2 Å². The molecule has 20 N–H and O–H groups in total. The summed E-state index contributed by atoms with van der Waals surface area (Å²) in [5, 5.41) is 38.1. The molecule has 0 bridgehead atoms. The topological polar surface area (TPSA) is 576 Å². The maximum Gasteiger partial charge on any atom is 2.00 e. The Hall–Kier alpha value is -6.54. The fraction of sp³-hybridized carbons (Fsp3) is 0. The van der Waals surface area contributed by atoms with E-state index in [1.54, 1.807) is 24.8 Å². The van der Waals surface area contributed by atoms with Crippen molar-refractivity contribution in [1.29, 1.82) is 0 Å². The fourth-order valence-corrected chi connectivity index (χ4v) is 5.50. The van der Waals surface area contributed by atoms with Crippen LogP contribution in [0.15, 0.2) is 144 Å². The van der Waals surface area contributed by atoms with Crippen LogP contribution in [-0.4, -0.2) is 113 Å². The molecule has 0 saturated heterocycles. The summed E-state index contributed by atoms with van der Waals surface area (Å²) < 4.78 is 64.2. The molecule has 30 heteroatoms. The normalized spacial score (nSPS) is 8.88. The monoisotopic (exact) mass is 1070 g/mol. The first-order chi connectivity index (χ1) is 26.4. The van der Waals surface area contributed by atoms with Gasteiger partial charge in [0, 0.05) is 35.9 Å². The molecule has 2 radical (unpaired) electrons. The quantitative estimate of drug-likeness (QED) is 0.0817. The summed E-state index contributed by atoms with van der Waals surface area (Å²) in [5.41, 5.74) is 0.936. The van der Waals surface area contributed by atoms with Gasteiger partial charge in [0.2, 0.25) is 0 Å². The third kappa shape index (κ3) is 23.9. The molecule has 0 fully saturated rings. The molecule has 0 spiro atoms. The second kappa shape index (κ2) is 35.8. The van der Waals surface area contributed by atoms with Crippen molar-refractivity contribution in [2.24, 2.45) is 0 Å². The average molecular weight is 1070 g/mol. The number of carboxylic acid groups (broad SMARTS) is 4. The largest absolute Gasteiger partial charge is 2.00 e. The summed E-state index contributed by atoms with van der Waals surface area (Å²) in [7, 11) is -10.1. The van der Waals surface area contributed by atoms with E-state index >= 15 is 0 Å². The van der Waals surface area contributed by atoms with E-state index in [9.17, 15) is 55.3 Å². The number of hydrogen-bond acceptors (Lipinski definition) is 16. The number of aromatic nitrogens is 4. The van der Waals surface area contributed by atoms with Gasteiger partial charge in [-0.25, -0.2) is 26.4 Å². The molecule has 66 heavy (non-hydrogen) atoms. The second-order valence-electron chi connectivity index (χ2n) is 10.4. The molecule has 4 aromatic heterocycles. The van der Waals surface area contributed by atoms with E-state index in [-0.39, 0.29) is 77.9 Å². The zero-order chi connectivity index (χ0) is 41.5. The molecule has 0 aliphatic carbocycles. The third-order valence-electron chi connectivity index (χ3n) is 6.62. The molecule has 2 aromatic carbocycles. The van der Waals surface area contributed by atoms with Gasteiger partial charge >= 0.3 is 46.1 Å². The molecule has 0 unspecified atom stereocenters. The molecule has 26 nitrogen and oxygen atoms in total. The van der Waals surface area contributed by atoms with Crippen molar-refractivity contribution in [2.45, 2.75) is 9.79 Å². The van der Waals surface area contributed by atoms with Crippen LogP contribution in [0.2, 0.25) is 0 Å². The maximum atomic E-state index is 10.7. The SMILES string of the molecule is O.O.O.O.O.O.O=C(O)c1ccc(C(=O)[O-])c(S(=O)(=O)[O-])c1.O=C(O)c1ccc(C(=O)[O-])c(S(=O)(=O)[O-])c1.[Cu+2].[Cu+2].[OH3+].[OH3+].c1ccc(-c2ccccn2)nc1.c1ccc(-c2ccccn2)nc1. The summed E-state index contributed by atoms with van der Waals surface area (Å²) in [6.07, 6.45) is 7.07. The molecule has 0 aliphatic heterocycles. The summed E-state index contributed by atoms with van der Waals surface area (Å²) >= 11 is 0. The molecular formula is C36H42Cu2N4O22S2+2. The summed E-state index contributed by atoms with van der Waals surface area (Å²) in [6.45, 7) is 0. The van der Waals surface area contributed by atoms with Crippen LogP contribution >= 0.6 is 0 Å². The third-order valence-corrected chi connectivity index (χ3v) is 8.37. The minimum absolute atomic E-state index is 0. The van der Waals surface area contributed by atoms with Gasteiger partial charge in [0.05, 0.1) is 55.6 Å². The molecule has 4 heterocycles. The van der Waals surface area contributed by atoms with E-state index in [0.717, 1.165) is 34.9 Å². The van der Waals surface area contributed by atoms with Gasteiger partial charge in [-0.05, 0) is 72.8 Å². The van der Waals surface area contributed by atoms with Crippen molar-refractivity contribution >= 4 is 44.1 Å². The van der Waals surface area contributed by atoms with Crippen molar-refractivity contribution < 1.29 is 143 Å². The summed E-state index contributed by atoms with van der Waals surface area (Å²) in [6, 6.07) is 27.3. The molecular weight excluding hydrogens is 1030 g/mol. The number of hydrogen-bond donors (Lipinski definition) is 2. The van der Waals surface area contributed by atoms with E-state index < -0.39 is 76.2 Å². The first kappa shape index (κ1) is 76.7. The van der Waals surface area contributed by atoms with Gasteiger partial charge in [-0.15, -0.1) is 0 Å². The Morgan fingerprint density at radius 3 is 0.803 bits per heavy atom. The summed E-state index contributed by atoms with van der Waals surface area (Å²) in [5.74, 6) is -6.69. The van der Waals surface area contributed by atoms with E-state index in [1.807, 2.05) is 72.8 Å². The number of pyridine rings is 4. The van der Waals surface area contributed by atoms with Crippen molar-refractivity contribution in [3.05, 3.63) is 156 Å². The van der Waals surface area contributed by atoms with Gasteiger partial charge in [0.1, 0.15) is 20.2 Å². The Morgan fingerprint density at radius 1 is 0.424 bits per heavy atom. The fourth-order valence-electron chi connectivity index (χ4n) is 4.12. The molecule has 0 amide bonds. The van der Waals surface area contributed by atoms with E-state index in [1.165, 1.54) is 0 Å². The van der Waals surface area contributed by atoms with E-state index in [0.29, 0.717) is 24.3 Å². The Bertz CT molecular complexity index is 2300. The molecule has 0 atom stereocenters. The van der Waals surface area contributed by atoms with Crippen LogP contribution in [0.3, 0.4) is 0 Å². The van der Waals surface area contributed by atoms with Crippen LogP contribution in [0.25, 0.3) is 22.8 Å². The number of carbonyl (C=O) groups excluding carboxylic acids is 2. The smallest absolute Gasteiger partial charge is 0.744 e. The maximum absolute atomic E-state index is 10.7. The van der Waals surface area contributed by atoms with Gasteiger partial charge in [-0.2, -0.15) is 0 Å². The molecule has 6 rings (SSSR count). The molecule has 0 aliphatic rings. The molecule has 370 valence electrons. The van der Waals surface area contributed by atoms with Crippen molar-refractivity contribution in [1.82, 2.24) is 19.9 Å². The standard InChI is InChI=1S/2C10H8N2.2C8H6O7S.2Cu.8H2O/c2*1-3-7-11-9(5-1)10-6-2-4-8-12-10;2*9-7(10)4-1-2-5(8(11)12)6(3-4)16(13,14)15;;;;;;;;;;/h2*1-8H;2*1-3H,(H,9,10)(H,11,12)(H,13,14,15);;;8*1H2/q;;;;2*+2;;;;;;;;/p-2. The van der Waals surface area contributed by atoms with Crippen molar-refractivity contribution in [3.63, 3.8) is 0 Å². The Kier molecular flexibility index (Phi) is 41.6. The number of benzene rings is 2. The first-order valence-corrected chi connectivity index (χ1v) is 18.0. The zero-order valence-electron chi connectivity index (χ0n) is 32.9.